The molecule has 0 aliphatic heterocycles. The molecular formula is C10H13IOS. The molecule has 1 nitrogen and oxygen atoms in total. The summed E-state index contributed by atoms with van der Waals surface area (Å²) in [6, 6.07) is 8.06. The van der Waals surface area contributed by atoms with Gasteiger partial charge in [0, 0.05) is 0 Å². The first-order chi connectivity index (χ1) is 6.34. The van der Waals surface area contributed by atoms with Gasteiger partial charge in [0.1, 0.15) is 5.75 Å². The number of ether oxygens (including phenoxy) is 1. The van der Waals surface area contributed by atoms with E-state index in [1.807, 2.05) is 18.2 Å². The smallest absolute Gasteiger partial charge is 0.132 e. The van der Waals surface area contributed by atoms with E-state index in [0.717, 1.165) is 31.0 Å². The number of para-hydroxylation sites is 1. The van der Waals surface area contributed by atoms with Crippen LogP contribution in [0.3, 0.4) is 0 Å². The summed E-state index contributed by atoms with van der Waals surface area (Å²) in [5.41, 5.74) is 0. The maximum absolute atomic E-state index is 5.60. The van der Waals surface area contributed by atoms with Gasteiger partial charge in [-0.1, -0.05) is 12.1 Å². The molecule has 13 heavy (non-hydrogen) atoms. The third kappa shape index (κ3) is 4.22. The fourth-order valence-corrected chi connectivity index (χ4v) is 1.72. The molecule has 1 aromatic rings. The van der Waals surface area contributed by atoms with Crippen molar-refractivity contribution in [2.45, 2.75) is 12.8 Å². The van der Waals surface area contributed by atoms with Gasteiger partial charge in [0.25, 0.3) is 0 Å². The van der Waals surface area contributed by atoms with E-state index in [0.29, 0.717) is 0 Å². The van der Waals surface area contributed by atoms with Crippen molar-refractivity contribution in [3.05, 3.63) is 27.8 Å². The van der Waals surface area contributed by atoms with Crippen molar-refractivity contribution >= 4 is 35.2 Å². The number of halogens is 1. The van der Waals surface area contributed by atoms with Crippen molar-refractivity contribution in [2.24, 2.45) is 0 Å². The Bertz CT molecular complexity index is 252. The van der Waals surface area contributed by atoms with Crippen molar-refractivity contribution in [2.75, 3.05) is 12.4 Å². The second kappa shape index (κ2) is 6.54. The van der Waals surface area contributed by atoms with Crippen LogP contribution in [0.2, 0.25) is 0 Å². The van der Waals surface area contributed by atoms with E-state index >= 15 is 0 Å². The van der Waals surface area contributed by atoms with Crippen LogP contribution in [-0.4, -0.2) is 12.4 Å². The zero-order valence-electron chi connectivity index (χ0n) is 7.37. The summed E-state index contributed by atoms with van der Waals surface area (Å²) in [5.74, 6) is 1.93. The monoisotopic (exact) mass is 308 g/mol. The van der Waals surface area contributed by atoms with E-state index in [-0.39, 0.29) is 0 Å². The summed E-state index contributed by atoms with van der Waals surface area (Å²) in [6.45, 7) is 0.792. The molecule has 1 rings (SSSR count). The number of benzene rings is 1. The van der Waals surface area contributed by atoms with Gasteiger partial charge in [-0.2, -0.15) is 12.6 Å². The molecule has 0 aliphatic rings. The number of thiol groups is 1. The third-order valence-corrected chi connectivity index (χ3v) is 2.85. The lowest BCUT2D eigenvalue weighted by molar-refractivity contribution is 0.308. The van der Waals surface area contributed by atoms with Crippen LogP contribution >= 0.6 is 35.2 Å². The molecule has 0 atom stereocenters. The SMILES string of the molecule is SCCCCOc1ccccc1I. The Labute approximate surface area is 98.4 Å². The standard InChI is InChI=1S/C10H13IOS/c11-9-5-1-2-6-10(9)12-7-3-4-8-13/h1-2,5-6,13H,3-4,7-8H2. The Balaban J connectivity index is 2.32. The number of rotatable bonds is 5. The Kier molecular flexibility index (Phi) is 5.62. The summed E-state index contributed by atoms with van der Waals surface area (Å²) in [5, 5.41) is 0. The highest BCUT2D eigenvalue weighted by molar-refractivity contribution is 14.1. The lowest BCUT2D eigenvalue weighted by Crippen LogP contribution is -1.98. The molecule has 0 saturated heterocycles. The zero-order valence-corrected chi connectivity index (χ0v) is 10.4. The molecule has 0 bridgehead atoms. The second-order valence-electron chi connectivity index (χ2n) is 2.71. The van der Waals surface area contributed by atoms with Gasteiger partial charge < -0.3 is 4.74 Å². The largest absolute Gasteiger partial charge is 0.492 e. The molecule has 0 heterocycles. The van der Waals surface area contributed by atoms with Gasteiger partial charge in [-0.05, 0) is 53.3 Å². The molecule has 0 fully saturated rings. The topological polar surface area (TPSA) is 9.23 Å². The highest BCUT2D eigenvalue weighted by Gasteiger charge is 1.97. The van der Waals surface area contributed by atoms with Crippen LogP contribution in [0.4, 0.5) is 0 Å². The van der Waals surface area contributed by atoms with Crippen molar-refractivity contribution in [3.63, 3.8) is 0 Å². The molecule has 72 valence electrons. The van der Waals surface area contributed by atoms with Crippen LogP contribution < -0.4 is 4.74 Å². The van der Waals surface area contributed by atoms with Crippen LogP contribution in [0.1, 0.15) is 12.8 Å². The van der Waals surface area contributed by atoms with Gasteiger partial charge >= 0.3 is 0 Å². The first-order valence-corrected chi connectivity index (χ1v) is 6.04. The predicted octanol–water partition coefficient (Wildman–Crippen LogP) is 3.38. The first-order valence-electron chi connectivity index (χ1n) is 4.33. The van der Waals surface area contributed by atoms with Crippen molar-refractivity contribution in [1.29, 1.82) is 0 Å². The molecule has 0 aromatic heterocycles. The molecule has 0 aliphatic carbocycles. The quantitative estimate of drug-likeness (QED) is 0.498. The summed E-state index contributed by atoms with van der Waals surface area (Å²) >= 11 is 6.43. The lowest BCUT2D eigenvalue weighted by atomic mass is 10.3. The van der Waals surface area contributed by atoms with Gasteiger partial charge in [0.2, 0.25) is 0 Å². The average Bonchev–Trinajstić information content (AvgIpc) is 2.15. The van der Waals surface area contributed by atoms with E-state index in [9.17, 15) is 0 Å². The van der Waals surface area contributed by atoms with Gasteiger partial charge in [0.05, 0.1) is 10.2 Å². The van der Waals surface area contributed by atoms with Crippen molar-refractivity contribution in [3.8, 4) is 5.75 Å². The van der Waals surface area contributed by atoms with Gasteiger partial charge in [-0.3, -0.25) is 0 Å². The third-order valence-electron chi connectivity index (χ3n) is 1.65. The molecule has 0 unspecified atom stereocenters. The van der Waals surface area contributed by atoms with Gasteiger partial charge in [0.15, 0.2) is 0 Å². The van der Waals surface area contributed by atoms with Crippen molar-refractivity contribution < 1.29 is 4.74 Å². The van der Waals surface area contributed by atoms with Gasteiger partial charge in [-0.25, -0.2) is 0 Å². The molecule has 0 saturated carbocycles. The molecular weight excluding hydrogens is 295 g/mol. The van der Waals surface area contributed by atoms with Crippen LogP contribution in [0, 0.1) is 3.57 Å². The summed E-state index contributed by atoms with van der Waals surface area (Å²) in [6.07, 6.45) is 2.20. The maximum Gasteiger partial charge on any atom is 0.132 e. The Morgan fingerprint density at radius 1 is 1.23 bits per heavy atom. The van der Waals surface area contributed by atoms with Crippen LogP contribution in [-0.2, 0) is 0 Å². The minimum Gasteiger partial charge on any atom is -0.492 e. The molecule has 1 aromatic carbocycles. The van der Waals surface area contributed by atoms with E-state index in [2.05, 4.69) is 41.3 Å². The summed E-state index contributed by atoms with van der Waals surface area (Å²) < 4.78 is 6.77. The fraction of sp³-hybridized carbons (Fsp3) is 0.400. The van der Waals surface area contributed by atoms with Crippen LogP contribution in [0.5, 0.6) is 5.75 Å². The normalized spacial score (nSPS) is 10.0. The number of hydrogen-bond donors (Lipinski definition) is 1. The first kappa shape index (κ1) is 11.2. The van der Waals surface area contributed by atoms with Crippen molar-refractivity contribution in [1.82, 2.24) is 0 Å². The van der Waals surface area contributed by atoms with E-state index in [1.54, 1.807) is 0 Å². The Morgan fingerprint density at radius 2 is 2.00 bits per heavy atom. The number of hydrogen-bond acceptors (Lipinski definition) is 2. The number of unbranched alkanes of at least 4 members (excludes halogenated alkanes) is 1. The van der Waals surface area contributed by atoms with Crippen LogP contribution in [0.15, 0.2) is 24.3 Å². The van der Waals surface area contributed by atoms with E-state index < -0.39 is 0 Å². The maximum atomic E-state index is 5.60. The molecule has 0 spiro atoms. The Morgan fingerprint density at radius 3 is 2.69 bits per heavy atom. The van der Waals surface area contributed by atoms with E-state index in [4.69, 9.17) is 4.74 Å². The molecule has 0 N–H and O–H groups in total. The Hall–Kier alpha value is 0.100. The minimum atomic E-state index is 0.792. The zero-order chi connectivity index (χ0) is 9.52. The predicted molar refractivity (Wildman–Crippen MR) is 67.7 cm³/mol. The van der Waals surface area contributed by atoms with Gasteiger partial charge in [-0.15, -0.1) is 0 Å². The minimum absolute atomic E-state index is 0.792. The summed E-state index contributed by atoms with van der Waals surface area (Å²) in [4.78, 5) is 0. The van der Waals surface area contributed by atoms with E-state index in [1.165, 1.54) is 3.57 Å². The molecule has 0 amide bonds. The highest BCUT2D eigenvalue weighted by Crippen LogP contribution is 2.19. The average molecular weight is 308 g/mol. The highest BCUT2D eigenvalue weighted by atomic mass is 127. The molecule has 0 radical (unpaired) electrons. The molecule has 3 heteroatoms. The second-order valence-corrected chi connectivity index (χ2v) is 4.32. The fourth-order valence-electron chi connectivity index (χ4n) is 0.958. The lowest BCUT2D eigenvalue weighted by Gasteiger charge is -2.06. The summed E-state index contributed by atoms with van der Waals surface area (Å²) in [7, 11) is 0. The van der Waals surface area contributed by atoms with Crippen LogP contribution in [0.25, 0.3) is 0 Å².